The van der Waals surface area contributed by atoms with Gasteiger partial charge in [0.15, 0.2) is 5.82 Å². The predicted octanol–water partition coefficient (Wildman–Crippen LogP) is 2.39. The summed E-state index contributed by atoms with van der Waals surface area (Å²) in [4.78, 5) is 15.7. The van der Waals surface area contributed by atoms with E-state index in [0.717, 1.165) is 19.3 Å². The molecule has 0 bridgehead atoms. The number of nitrogens with zero attached hydrogens (tertiary/aromatic N) is 3. The minimum absolute atomic E-state index is 0. The standard InChI is InChI=1S/C18H26N4O6.C2H6.H3N/c1-3-4-5-8-26-17(25)27-9-18(2)15(24)13(23)14(28-18)11-6-7-12-16(19)20-10-21-22(11)12;1-2;/h6-7,10,13-15,23-24H,3-5,8-9H2,1-2H3,(H2,19,20,21);1-2H3;1H3/t13-,14-,15-,18+;;/m0../s1. The van der Waals surface area contributed by atoms with E-state index in [1.165, 1.54) is 10.8 Å². The number of anilines is 1. The van der Waals surface area contributed by atoms with Crippen molar-refractivity contribution in [3.05, 3.63) is 24.2 Å². The quantitative estimate of drug-likeness (QED) is 0.368. The number of hydrogen-bond donors (Lipinski definition) is 4. The Labute approximate surface area is 182 Å². The number of aliphatic hydroxyl groups is 2. The van der Waals surface area contributed by atoms with Gasteiger partial charge in [0.1, 0.15) is 42.4 Å². The molecular formula is C20H35N5O6. The molecule has 31 heavy (non-hydrogen) atoms. The number of carbonyl (C=O) groups is 1. The number of aromatic nitrogens is 3. The van der Waals surface area contributed by atoms with Gasteiger partial charge in [-0.1, -0.05) is 33.6 Å². The van der Waals surface area contributed by atoms with Gasteiger partial charge in [0.05, 0.1) is 12.3 Å². The highest BCUT2D eigenvalue weighted by molar-refractivity contribution is 5.65. The molecule has 7 N–H and O–H groups in total. The van der Waals surface area contributed by atoms with Gasteiger partial charge in [0.2, 0.25) is 0 Å². The van der Waals surface area contributed by atoms with Crippen molar-refractivity contribution < 1.29 is 29.2 Å². The lowest BCUT2D eigenvalue weighted by Gasteiger charge is -2.26. The van der Waals surface area contributed by atoms with Crippen LogP contribution < -0.4 is 11.9 Å². The van der Waals surface area contributed by atoms with Crippen LogP contribution in [0.15, 0.2) is 18.5 Å². The summed E-state index contributed by atoms with van der Waals surface area (Å²) in [6, 6.07) is 3.39. The van der Waals surface area contributed by atoms with E-state index in [0.29, 0.717) is 11.2 Å². The highest BCUT2D eigenvalue weighted by atomic mass is 16.7. The average Bonchev–Trinajstić information content (AvgIpc) is 3.27. The summed E-state index contributed by atoms with van der Waals surface area (Å²) >= 11 is 0. The highest BCUT2D eigenvalue weighted by Gasteiger charge is 2.53. The normalized spacial score (nSPS) is 24.8. The summed E-state index contributed by atoms with van der Waals surface area (Å²) in [5.41, 5.74) is 5.58. The maximum Gasteiger partial charge on any atom is 0.508 e. The molecule has 1 saturated heterocycles. The Kier molecular flexibility index (Phi) is 10.1. The number of carbonyl (C=O) groups excluding carboxylic acids is 1. The monoisotopic (exact) mass is 441 g/mol. The number of nitrogen functional groups attached to an aromatic ring is 1. The molecule has 4 atom stereocenters. The molecule has 0 spiro atoms. The van der Waals surface area contributed by atoms with Gasteiger partial charge < -0.3 is 36.3 Å². The molecule has 3 rings (SSSR count). The summed E-state index contributed by atoms with van der Waals surface area (Å²) < 4.78 is 17.5. The van der Waals surface area contributed by atoms with Crippen molar-refractivity contribution in [3.63, 3.8) is 0 Å². The molecule has 1 aliphatic heterocycles. The van der Waals surface area contributed by atoms with Crippen molar-refractivity contribution in [1.29, 1.82) is 0 Å². The molecule has 0 radical (unpaired) electrons. The Balaban J connectivity index is 0.00000156. The average molecular weight is 442 g/mol. The topological polar surface area (TPSA) is 176 Å². The smallest absolute Gasteiger partial charge is 0.434 e. The third-order valence-electron chi connectivity index (χ3n) is 4.90. The zero-order valence-corrected chi connectivity index (χ0v) is 18.7. The SMILES string of the molecule is CC.CCCCCOC(=O)OC[C@@]1(C)O[C@@H](c2ccc3c(N)ncnn23)[C@H](O)[C@@H]1O.N. The van der Waals surface area contributed by atoms with Crippen LogP contribution in [0.2, 0.25) is 0 Å². The van der Waals surface area contributed by atoms with Crippen LogP contribution in [0.25, 0.3) is 5.52 Å². The summed E-state index contributed by atoms with van der Waals surface area (Å²) in [6.07, 6.45) is -0.227. The summed E-state index contributed by atoms with van der Waals surface area (Å²) in [5, 5.41) is 25.1. The van der Waals surface area contributed by atoms with Crippen LogP contribution in [-0.4, -0.2) is 62.0 Å². The summed E-state index contributed by atoms with van der Waals surface area (Å²) in [6.45, 7) is 7.61. The van der Waals surface area contributed by atoms with Crippen LogP contribution in [0.3, 0.4) is 0 Å². The molecule has 3 heterocycles. The molecule has 1 aliphatic rings. The van der Waals surface area contributed by atoms with Gasteiger partial charge >= 0.3 is 6.16 Å². The molecule has 2 aromatic rings. The lowest BCUT2D eigenvalue weighted by atomic mass is 9.97. The minimum atomic E-state index is -1.31. The number of aliphatic hydroxyl groups excluding tert-OH is 2. The minimum Gasteiger partial charge on any atom is -0.434 e. The number of hydrogen-bond acceptors (Lipinski definition) is 10. The number of rotatable bonds is 7. The predicted molar refractivity (Wildman–Crippen MR) is 115 cm³/mol. The van der Waals surface area contributed by atoms with Gasteiger partial charge in [0, 0.05) is 0 Å². The molecule has 11 nitrogen and oxygen atoms in total. The Morgan fingerprint density at radius 1 is 1.29 bits per heavy atom. The van der Waals surface area contributed by atoms with Crippen LogP contribution >= 0.6 is 0 Å². The van der Waals surface area contributed by atoms with Crippen molar-refractivity contribution in [2.45, 2.75) is 70.9 Å². The maximum atomic E-state index is 11.7. The Morgan fingerprint density at radius 3 is 2.68 bits per heavy atom. The molecular weight excluding hydrogens is 406 g/mol. The fourth-order valence-electron chi connectivity index (χ4n) is 3.25. The van der Waals surface area contributed by atoms with Crippen molar-refractivity contribution in [2.75, 3.05) is 18.9 Å². The van der Waals surface area contributed by atoms with E-state index in [1.54, 1.807) is 19.1 Å². The van der Waals surface area contributed by atoms with Crippen molar-refractivity contribution in [1.82, 2.24) is 20.7 Å². The zero-order valence-electron chi connectivity index (χ0n) is 18.7. The molecule has 0 saturated carbocycles. The fourth-order valence-corrected chi connectivity index (χ4v) is 3.25. The molecule has 1 fully saturated rings. The third kappa shape index (κ3) is 5.82. The maximum absolute atomic E-state index is 11.7. The molecule has 0 aromatic carbocycles. The van der Waals surface area contributed by atoms with Gasteiger partial charge in [-0.25, -0.2) is 14.3 Å². The van der Waals surface area contributed by atoms with Crippen molar-refractivity contribution in [2.24, 2.45) is 0 Å². The Morgan fingerprint density at radius 2 is 2.00 bits per heavy atom. The fraction of sp³-hybridized carbons (Fsp3) is 0.650. The molecule has 0 amide bonds. The second kappa shape index (κ2) is 11.8. The molecule has 2 aromatic heterocycles. The van der Waals surface area contributed by atoms with E-state index in [4.69, 9.17) is 19.9 Å². The van der Waals surface area contributed by atoms with E-state index in [2.05, 4.69) is 10.1 Å². The summed E-state index contributed by atoms with van der Waals surface area (Å²) in [7, 11) is 0. The van der Waals surface area contributed by atoms with Crippen LogP contribution in [0.5, 0.6) is 0 Å². The van der Waals surface area contributed by atoms with Crippen molar-refractivity contribution >= 4 is 17.5 Å². The first-order valence-corrected chi connectivity index (χ1v) is 10.3. The number of unbranched alkanes of at least 4 members (excludes halogenated alkanes) is 2. The van der Waals surface area contributed by atoms with Gasteiger partial charge in [-0.2, -0.15) is 5.10 Å². The van der Waals surface area contributed by atoms with Gasteiger partial charge in [-0.3, -0.25) is 0 Å². The number of nitrogens with two attached hydrogens (primary N) is 1. The largest absolute Gasteiger partial charge is 0.508 e. The molecule has 0 aliphatic carbocycles. The molecule has 176 valence electrons. The van der Waals surface area contributed by atoms with E-state index in [9.17, 15) is 15.0 Å². The zero-order chi connectivity index (χ0) is 22.3. The Hall–Kier alpha value is -2.47. The van der Waals surface area contributed by atoms with Crippen LogP contribution in [0.4, 0.5) is 10.6 Å². The van der Waals surface area contributed by atoms with E-state index in [-0.39, 0.29) is 25.2 Å². The first-order valence-electron chi connectivity index (χ1n) is 10.3. The molecule has 0 unspecified atom stereocenters. The Bertz CT molecular complexity index is 831. The van der Waals surface area contributed by atoms with E-state index in [1.807, 2.05) is 20.8 Å². The lowest BCUT2D eigenvalue weighted by molar-refractivity contribution is -0.109. The first kappa shape index (κ1) is 26.6. The summed E-state index contributed by atoms with van der Waals surface area (Å²) in [5.74, 6) is 0.284. The highest BCUT2D eigenvalue weighted by Crippen LogP contribution is 2.40. The first-order chi connectivity index (χ1) is 14.4. The second-order valence-electron chi connectivity index (χ2n) is 7.08. The second-order valence-corrected chi connectivity index (χ2v) is 7.08. The molecule has 11 heteroatoms. The third-order valence-corrected chi connectivity index (χ3v) is 4.90. The van der Waals surface area contributed by atoms with E-state index >= 15 is 0 Å². The van der Waals surface area contributed by atoms with E-state index < -0.39 is 30.1 Å². The lowest BCUT2D eigenvalue weighted by Crippen LogP contribution is -2.44. The van der Waals surface area contributed by atoms with Crippen molar-refractivity contribution in [3.8, 4) is 0 Å². The van der Waals surface area contributed by atoms with Gasteiger partial charge in [-0.05, 0) is 25.5 Å². The van der Waals surface area contributed by atoms with Gasteiger partial charge in [0.25, 0.3) is 0 Å². The van der Waals surface area contributed by atoms with Crippen LogP contribution in [0.1, 0.15) is 58.8 Å². The van der Waals surface area contributed by atoms with Crippen LogP contribution in [0, 0.1) is 0 Å². The van der Waals surface area contributed by atoms with Crippen LogP contribution in [-0.2, 0) is 14.2 Å². The van der Waals surface area contributed by atoms with Gasteiger partial charge in [-0.15, -0.1) is 0 Å². The number of fused-ring (bicyclic) bond motifs is 1. The number of ether oxygens (including phenoxy) is 3.